The Morgan fingerprint density at radius 3 is 2.70 bits per heavy atom. The fraction of sp³-hybridized carbons (Fsp3) is 0.421. The lowest BCUT2D eigenvalue weighted by Gasteiger charge is -2.28. The van der Waals surface area contributed by atoms with E-state index in [-0.39, 0.29) is 16.5 Å². The van der Waals surface area contributed by atoms with Crippen LogP contribution >= 0.6 is 11.6 Å². The first-order valence-corrected chi connectivity index (χ1v) is 9.48. The first-order chi connectivity index (χ1) is 13.0. The van der Waals surface area contributed by atoms with Gasteiger partial charge in [0.1, 0.15) is 11.6 Å². The van der Waals surface area contributed by atoms with Crippen LogP contribution in [0.1, 0.15) is 35.3 Å². The highest BCUT2D eigenvalue weighted by atomic mass is 35.5. The van der Waals surface area contributed by atoms with Crippen LogP contribution in [0.2, 0.25) is 5.02 Å². The molecule has 0 saturated carbocycles. The van der Waals surface area contributed by atoms with E-state index in [2.05, 4.69) is 25.5 Å². The first-order valence-electron chi connectivity index (χ1n) is 9.11. The fourth-order valence-corrected chi connectivity index (χ4v) is 3.29. The number of halogens is 2. The molecule has 1 aromatic heterocycles. The number of aromatic nitrogens is 2. The number of anilines is 2. The van der Waals surface area contributed by atoms with Crippen molar-refractivity contribution < 1.29 is 9.18 Å². The Kier molecular flexibility index (Phi) is 6.45. The van der Waals surface area contributed by atoms with E-state index in [0.29, 0.717) is 19.0 Å². The number of amides is 1. The van der Waals surface area contributed by atoms with Gasteiger partial charge in [0, 0.05) is 37.9 Å². The van der Waals surface area contributed by atoms with Gasteiger partial charge in [0.25, 0.3) is 5.91 Å². The van der Waals surface area contributed by atoms with Crippen molar-refractivity contribution in [3.63, 3.8) is 0 Å². The van der Waals surface area contributed by atoms with Crippen LogP contribution in [0.15, 0.2) is 24.3 Å². The second-order valence-electron chi connectivity index (χ2n) is 6.55. The molecule has 0 radical (unpaired) electrons. The van der Waals surface area contributed by atoms with Gasteiger partial charge in [0.15, 0.2) is 0 Å². The molecule has 2 N–H and O–H groups in total. The SMILES string of the molecule is Cc1cc(N2CCCCC2)nc(NCCNC(=O)c2ccc(F)cc2Cl)n1. The molecule has 1 amide bonds. The normalized spacial score (nSPS) is 14.1. The van der Waals surface area contributed by atoms with Gasteiger partial charge in [-0.1, -0.05) is 11.6 Å². The Labute approximate surface area is 163 Å². The van der Waals surface area contributed by atoms with Crippen LogP contribution in [0.3, 0.4) is 0 Å². The molecule has 8 heteroatoms. The van der Waals surface area contributed by atoms with E-state index in [9.17, 15) is 9.18 Å². The minimum Gasteiger partial charge on any atom is -0.356 e. The molecule has 0 spiro atoms. The van der Waals surface area contributed by atoms with Crippen LogP contribution in [0.4, 0.5) is 16.2 Å². The highest BCUT2D eigenvalue weighted by Crippen LogP contribution is 2.20. The molecule has 1 saturated heterocycles. The molecule has 1 aliphatic rings. The standard InChI is InChI=1S/C19H23ClFN5O/c1-13-11-17(26-9-3-2-4-10-26)25-19(24-13)23-8-7-22-18(27)15-6-5-14(21)12-16(15)20/h5-6,11-12H,2-4,7-10H2,1H3,(H,22,27)(H,23,24,25). The maximum absolute atomic E-state index is 13.1. The lowest BCUT2D eigenvalue weighted by Crippen LogP contribution is -2.31. The molecule has 0 bridgehead atoms. The van der Waals surface area contributed by atoms with E-state index in [1.54, 1.807) is 0 Å². The number of rotatable bonds is 6. The summed E-state index contributed by atoms with van der Waals surface area (Å²) in [7, 11) is 0. The summed E-state index contributed by atoms with van der Waals surface area (Å²) in [4.78, 5) is 23.4. The molecule has 27 heavy (non-hydrogen) atoms. The third kappa shape index (κ3) is 5.29. The number of aryl methyl sites for hydroxylation is 1. The van der Waals surface area contributed by atoms with Gasteiger partial charge in [0.2, 0.25) is 5.95 Å². The van der Waals surface area contributed by atoms with E-state index in [4.69, 9.17) is 11.6 Å². The van der Waals surface area contributed by atoms with Crippen molar-refractivity contribution in [3.05, 3.63) is 46.4 Å². The van der Waals surface area contributed by atoms with Gasteiger partial charge in [-0.3, -0.25) is 4.79 Å². The van der Waals surface area contributed by atoms with E-state index in [0.717, 1.165) is 30.7 Å². The highest BCUT2D eigenvalue weighted by Gasteiger charge is 2.14. The summed E-state index contributed by atoms with van der Waals surface area (Å²) in [5.41, 5.74) is 1.15. The summed E-state index contributed by atoms with van der Waals surface area (Å²) in [6.45, 7) is 4.81. The number of carbonyl (C=O) groups is 1. The molecule has 1 aliphatic heterocycles. The van der Waals surface area contributed by atoms with Crippen LogP contribution < -0.4 is 15.5 Å². The minimum absolute atomic E-state index is 0.0913. The molecule has 1 aromatic carbocycles. The number of hydrogen-bond acceptors (Lipinski definition) is 5. The van der Waals surface area contributed by atoms with Crippen LogP contribution in [-0.2, 0) is 0 Å². The predicted octanol–water partition coefficient (Wildman–Crippen LogP) is 3.41. The third-order valence-corrected chi connectivity index (χ3v) is 4.70. The van der Waals surface area contributed by atoms with Crippen molar-refractivity contribution in [2.75, 3.05) is 36.4 Å². The van der Waals surface area contributed by atoms with E-state index in [1.165, 1.54) is 31.4 Å². The Morgan fingerprint density at radius 1 is 1.19 bits per heavy atom. The van der Waals surface area contributed by atoms with Crippen molar-refractivity contribution >= 4 is 29.3 Å². The van der Waals surface area contributed by atoms with Crippen molar-refractivity contribution in [1.29, 1.82) is 0 Å². The van der Waals surface area contributed by atoms with Crippen molar-refractivity contribution in [1.82, 2.24) is 15.3 Å². The van der Waals surface area contributed by atoms with Gasteiger partial charge in [-0.15, -0.1) is 0 Å². The minimum atomic E-state index is -0.473. The molecule has 1 fully saturated rings. The largest absolute Gasteiger partial charge is 0.356 e. The summed E-state index contributed by atoms with van der Waals surface area (Å²) in [5, 5.41) is 5.98. The molecule has 6 nitrogen and oxygen atoms in total. The summed E-state index contributed by atoms with van der Waals surface area (Å²) < 4.78 is 13.1. The van der Waals surface area contributed by atoms with Gasteiger partial charge in [0.05, 0.1) is 10.6 Å². The average molecular weight is 392 g/mol. The molecule has 0 atom stereocenters. The summed E-state index contributed by atoms with van der Waals surface area (Å²) >= 11 is 5.90. The quantitative estimate of drug-likeness (QED) is 0.738. The maximum Gasteiger partial charge on any atom is 0.252 e. The second-order valence-corrected chi connectivity index (χ2v) is 6.95. The molecule has 2 heterocycles. The Morgan fingerprint density at radius 2 is 1.96 bits per heavy atom. The van der Waals surface area contributed by atoms with Crippen molar-refractivity contribution in [3.8, 4) is 0 Å². The van der Waals surface area contributed by atoms with Crippen LogP contribution in [0.25, 0.3) is 0 Å². The predicted molar refractivity (Wildman–Crippen MR) is 105 cm³/mol. The van der Waals surface area contributed by atoms with E-state index in [1.807, 2.05) is 13.0 Å². The smallest absolute Gasteiger partial charge is 0.252 e. The number of nitrogens with one attached hydrogen (secondary N) is 2. The van der Waals surface area contributed by atoms with Crippen LogP contribution in [0.5, 0.6) is 0 Å². The molecule has 144 valence electrons. The van der Waals surface area contributed by atoms with Crippen LogP contribution in [-0.4, -0.2) is 42.1 Å². The van der Waals surface area contributed by atoms with Gasteiger partial charge in [-0.25, -0.2) is 9.37 Å². The number of piperidine rings is 1. The molecule has 0 unspecified atom stereocenters. The molecule has 3 rings (SSSR count). The van der Waals surface area contributed by atoms with Gasteiger partial charge in [-0.2, -0.15) is 4.98 Å². The maximum atomic E-state index is 13.1. The lowest BCUT2D eigenvalue weighted by atomic mass is 10.1. The van der Waals surface area contributed by atoms with Crippen LogP contribution in [0, 0.1) is 12.7 Å². The third-order valence-electron chi connectivity index (χ3n) is 4.39. The van der Waals surface area contributed by atoms with Gasteiger partial charge < -0.3 is 15.5 Å². The Hall–Kier alpha value is -2.41. The average Bonchev–Trinajstić information content (AvgIpc) is 2.65. The van der Waals surface area contributed by atoms with E-state index < -0.39 is 5.82 Å². The summed E-state index contributed by atoms with van der Waals surface area (Å²) in [5.74, 6) is 0.664. The van der Waals surface area contributed by atoms with Crippen molar-refractivity contribution in [2.24, 2.45) is 0 Å². The zero-order valence-electron chi connectivity index (χ0n) is 15.3. The molecule has 0 aliphatic carbocycles. The highest BCUT2D eigenvalue weighted by molar-refractivity contribution is 6.33. The second kappa shape index (κ2) is 8.99. The molecular formula is C19H23ClFN5O. The lowest BCUT2D eigenvalue weighted by molar-refractivity contribution is 0.0955. The first kappa shape index (κ1) is 19.4. The Balaban J connectivity index is 1.52. The topological polar surface area (TPSA) is 70.2 Å². The van der Waals surface area contributed by atoms with Crippen molar-refractivity contribution in [2.45, 2.75) is 26.2 Å². The molecule has 2 aromatic rings. The molecular weight excluding hydrogens is 369 g/mol. The van der Waals surface area contributed by atoms with Gasteiger partial charge in [-0.05, 0) is 44.4 Å². The zero-order valence-corrected chi connectivity index (χ0v) is 16.0. The number of benzene rings is 1. The van der Waals surface area contributed by atoms with Gasteiger partial charge >= 0.3 is 0 Å². The monoisotopic (exact) mass is 391 g/mol. The van der Waals surface area contributed by atoms with E-state index >= 15 is 0 Å². The number of carbonyl (C=O) groups excluding carboxylic acids is 1. The summed E-state index contributed by atoms with van der Waals surface area (Å²) in [6.07, 6.45) is 3.64. The fourth-order valence-electron chi connectivity index (χ4n) is 3.04. The number of nitrogens with zero attached hydrogens (tertiary/aromatic N) is 3. The summed E-state index contributed by atoms with van der Waals surface area (Å²) in [6, 6.07) is 5.70. The number of hydrogen-bond donors (Lipinski definition) is 2. The zero-order chi connectivity index (χ0) is 19.2. The Bertz CT molecular complexity index is 811.